The number of carboxylic acids is 1. The Morgan fingerprint density at radius 3 is 2.96 bits per heavy atom. The Hall–Kier alpha value is -4.02. The van der Waals surface area contributed by atoms with Crippen LogP contribution in [0.5, 0.6) is 5.75 Å². The first-order chi connectivity index (χ1) is 13.4. The van der Waals surface area contributed by atoms with E-state index in [1.54, 1.807) is 18.2 Å². The number of hydrogen-bond donors (Lipinski definition) is 3. The van der Waals surface area contributed by atoms with Crippen LogP contribution in [0.1, 0.15) is 26.5 Å². The molecule has 1 aromatic carbocycles. The number of anilines is 1. The van der Waals surface area contributed by atoms with E-state index >= 15 is 0 Å². The second-order valence-electron chi connectivity index (χ2n) is 5.91. The SMILES string of the molecule is O=C1COc2ccc(CNC(=O)c3cc(C(=O)O)n4ncc(F)c4n3)cc2N1. The van der Waals surface area contributed by atoms with Crippen molar-refractivity contribution >= 4 is 29.1 Å². The van der Waals surface area contributed by atoms with Gasteiger partial charge in [0.05, 0.1) is 11.9 Å². The monoisotopic (exact) mass is 385 g/mol. The van der Waals surface area contributed by atoms with Gasteiger partial charge in [-0.25, -0.2) is 18.7 Å². The van der Waals surface area contributed by atoms with Gasteiger partial charge < -0.3 is 20.5 Å². The van der Waals surface area contributed by atoms with Crippen molar-refractivity contribution < 1.29 is 28.6 Å². The summed E-state index contributed by atoms with van der Waals surface area (Å²) in [5, 5.41) is 18.1. The van der Waals surface area contributed by atoms with Crippen molar-refractivity contribution in [1.29, 1.82) is 0 Å². The van der Waals surface area contributed by atoms with Gasteiger partial charge in [0.1, 0.15) is 11.4 Å². The van der Waals surface area contributed by atoms with E-state index in [0.717, 1.165) is 16.8 Å². The molecule has 28 heavy (non-hydrogen) atoms. The highest BCUT2D eigenvalue weighted by molar-refractivity contribution is 5.96. The zero-order valence-electron chi connectivity index (χ0n) is 14.1. The van der Waals surface area contributed by atoms with Crippen molar-refractivity contribution in [3.8, 4) is 5.75 Å². The van der Waals surface area contributed by atoms with Crippen molar-refractivity contribution in [3.63, 3.8) is 0 Å². The maximum Gasteiger partial charge on any atom is 0.354 e. The fourth-order valence-corrected chi connectivity index (χ4v) is 2.72. The molecule has 4 rings (SSSR count). The molecule has 11 heteroatoms. The Labute approximate surface area is 155 Å². The largest absolute Gasteiger partial charge is 0.482 e. The van der Waals surface area contributed by atoms with Gasteiger partial charge in [-0.3, -0.25) is 9.59 Å². The van der Waals surface area contributed by atoms with Crippen LogP contribution in [0.15, 0.2) is 30.5 Å². The molecule has 0 saturated carbocycles. The summed E-state index contributed by atoms with van der Waals surface area (Å²) in [4.78, 5) is 39.0. The van der Waals surface area contributed by atoms with Gasteiger partial charge in [-0.15, -0.1) is 0 Å². The number of amides is 2. The number of fused-ring (bicyclic) bond motifs is 2. The van der Waals surface area contributed by atoms with Crippen LogP contribution in [-0.2, 0) is 11.3 Å². The number of nitrogens with zero attached hydrogens (tertiary/aromatic N) is 3. The Bertz CT molecular complexity index is 1140. The lowest BCUT2D eigenvalue weighted by Crippen LogP contribution is -2.27. The maximum absolute atomic E-state index is 13.8. The average Bonchev–Trinajstić information content (AvgIpc) is 3.05. The maximum atomic E-state index is 13.8. The van der Waals surface area contributed by atoms with Crippen molar-refractivity contribution in [2.24, 2.45) is 0 Å². The molecule has 142 valence electrons. The molecule has 0 fully saturated rings. The fourth-order valence-electron chi connectivity index (χ4n) is 2.72. The Balaban J connectivity index is 1.56. The number of aromatic nitrogens is 3. The second kappa shape index (κ2) is 6.61. The predicted molar refractivity (Wildman–Crippen MR) is 91.6 cm³/mol. The molecule has 0 unspecified atom stereocenters. The summed E-state index contributed by atoms with van der Waals surface area (Å²) in [5.74, 6) is -2.68. The molecule has 3 heterocycles. The van der Waals surface area contributed by atoms with E-state index in [-0.39, 0.29) is 30.4 Å². The summed E-state index contributed by atoms with van der Waals surface area (Å²) < 4.78 is 19.8. The highest BCUT2D eigenvalue weighted by atomic mass is 19.1. The lowest BCUT2D eigenvalue weighted by molar-refractivity contribution is -0.118. The summed E-state index contributed by atoms with van der Waals surface area (Å²) >= 11 is 0. The molecule has 3 aromatic rings. The van der Waals surface area contributed by atoms with Gasteiger partial charge >= 0.3 is 5.97 Å². The third-order valence-corrected chi connectivity index (χ3v) is 4.01. The summed E-state index contributed by atoms with van der Waals surface area (Å²) in [7, 11) is 0. The number of carbonyl (C=O) groups is 3. The predicted octanol–water partition coefficient (Wildman–Crippen LogP) is 0.827. The molecule has 0 bridgehead atoms. The Morgan fingerprint density at radius 1 is 1.36 bits per heavy atom. The van der Waals surface area contributed by atoms with Crippen LogP contribution in [0.2, 0.25) is 0 Å². The molecule has 0 atom stereocenters. The van der Waals surface area contributed by atoms with E-state index in [1.807, 2.05) is 0 Å². The number of ether oxygens (including phenoxy) is 1. The summed E-state index contributed by atoms with van der Waals surface area (Å²) in [6.07, 6.45) is 0.819. The number of halogens is 1. The van der Waals surface area contributed by atoms with Crippen LogP contribution in [0.25, 0.3) is 5.65 Å². The van der Waals surface area contributed by atoms with Crippen LogP contribution in [0, 0.1) is 5.82 Å². The number of aromatic carboxylic acids is 1. The lowest BCUT2D eigenvalue weighted by atomic mass is 10.1. The molecule has 1 aliphatic rings. The first-order valence-electron chi connectivity index (χ1n) is 8.04. The van der Waals surface area contributed by atoms with Crippen LogP contribution in [0.4, 0.5) is 10.1 Å². The molecule has 2 aromatic heterocycles. The van der Waals surface area contributed by atoms with Gasteiger partial charge in [-0.05, 0) is 17.7 Å². The van der Waals surface area contributed by atoms with E-state index in [4.69, 9.17) is 4.74 Å². The van der Waals surface area contributed by atoms with E-state index in [2.05, 4.69) is 20.7 Å². The summed E-state index contributed by atoms with van der Waals surface area (Å²) in [6.45, 7) is 0.00723. The molecule has 0 radical (unpaired) electrons. The zero-order chi connectivity index (χ0) is 19.8. The molecule has 0 spiro atoms. The number of carbonyl (C=O) groups excluding carboxylic acids is 2. The normalized spacial score (nSPS) is 12.8. The highest BCUT2D eigenvalue weighted by Crippen LogP contribution is 2.28. The lowest BCUT2D eigenvalue weighted by Gasteiger charge is -2.18. The molecule has 3 N–H and O–H groups in total. The van der Waals surface area contributed by atoms with Crippen molar-refractivity contribution in [2.75, 3.05) is 11.9 Å². The highest BCUT2D eigenvalue weighted by Gasteiger charge is 2.20. The van der Waals surface area contributed by atoms with Crippen molar-refractivity contribution in [3.05, 3.63) is 53.2 Å². The minimum Gasteiger partial charge on any atom is -0.482 e. The summed E-state index contributed by atoms with van der Waals surface area (Å²) in [5.41, 5.74) is 0.121. The van der Waals surface area contributed by atoms with Crippen molar-refractivity contribution in [1.82, 2.24) is 19.9 Å². The minimum absolute atomic E-state index is 0.0612. The number of nitrogens with one attached hydrogen (secondary N) is 2. The third kappa shape index (κ3) is 3.09. The van der Waals surface area contributed by atoms with Crippen LogP contribution in [-0.4, -0.2) is 44.1 Å². The number of hydrogen-bond acceptors (Lipinski definition) is 6. The van der Waals surface area contributed by atoms with E-state index in [1.165, 1.54) is 0 Å². The quantitative estimate of drug-likeness (QED) is 0.605. The molecule has 0 saturated heterocycles. The second-order valence-corrected chi connectivity index (χ2v) is 5.91. The van der Waals surface area contributed by atoms with Crippen LogP contribution in [0.3, 0.4) is 0 Å². The van der Waals surface area contributed by atoms with Gasteiger partial charge in [0.15, 0.2) is 23.8 Å². The first-order valence-corrected chi connectivity index (χ1v) is 8.04. The molecular weight excluding hydrogens is 373 g/mol. The first kappa shape index (κ1) is 17.4. The number of carboxylic acid groups (broad SMARTS) is 1. The van der Waals surface area contributed by atoms with Gasteiger partial charge in [0.25, 0.3) is 11.8 Å². The number of benzene rings is 1. The van der Waals surface area contributed by atoms with Crippen LogP contribution >= 0.6 is 0 Å². The fraction of sp³-hybridized carbons (Fsp3) is 0.118. The van der Waals surface area contributed by atoms with E-state index in [0.29, 0.717) is 17.0 Å². The zero-order valence-corrected chi connectivity index (χ0v) is 14.1. The smallest absolute Gasteiger partial charge is 0.354 e. The summed E-state index contributed by atoms with van der Waals surface area (Å²) in [6, 6.07) is 6.01. The Kier molecular flexibility index (Phi) is 4.11. The van der Waals surface area contributed by atoms with E-state index < -0.39 is 23.4 Å². The van der Waals surface area contributed by atoms with Crippen LogP contribution < -0.4 is 15.4 Å². The van der Waals surface area contributed by atoms with Gasteiger partial charge in [-0.2, -0.15) is 5.10 Å². The molecule has 0 aliphatic carbocycles. The standard InChI is InChI=1S/C17H12FN5O5/c18-9-6-20-23-12(17(26)27)4-11(22-15(9)23)16(25)19-5-8-1-2-13-10(3-8)21-14(24)7-28-13/h1-4,6H,5,7H2,(H,19,25)(H,21,24)(H,26,27). The molecule has 2 amide bonds. The molecule has 1 aliphatic heterocycles. The van der Waals surface area contributed by atoms with Gasteiger partial charge in [0.2, 0.25) is 0 Å². The number of rotatable bonds is 4. The Morgan fingerprint density at radius 2 is 2.18 bits per heavy atom. The van der Waals surface area contributed by atoms with Crippen molar-refractivity contribution in [2.45, 2.75) is 6.54 Å². The van der Waals surface area contributed by atoms with E-state index in [9.17, 15) is 23.9 Å². The topological polar surface area (TPSA) is 135 Å². The van der Waals surface area contributed by atoms with Gasteiger partial charge in [-0.1, -0.05) is 6.07 Å². The minimum atomic E-state index is -1.38. The third-order valence-electron chi connectivity index (χ3n) is 4.01. The molecular formula is C17H12FN5O5. The van der Waals surface area contributed by atoms with Gasteiger partial charge in [0, 0.05) is 12.6 Å². The molecule has 10 nitrogen and oxygen atoms in total. The average molecular weight is 385 g/mol.